The van der Waals surface area contributed by atoms with Crippen LogP contribution >= 0.6 is 0 Å². The Hall–Kier alpha value is -2.35. The van der Waals surface area contributed by atoms with Crippen LogP contribution in [0.15, 0.2) is 83.1 Å². The maximum Gasteiger partial charge on any atom is 0.306 e. The molecule has 0 heterocycles. The summed E-state index contributed by atoms with van der Waals surface area (Å²) < 4.78 is 5.40. The van der Waals surface area contributed by atoms with Crippen molar-refractivity contribution in [3.63, 3.8) is 0 Å². The lowest BCUT2D eigenvalue weighted by molar-refractivity contribution is -0.142. The van der Waals surface area contributed by atoms with E-state index >= 15 is 0 Å². The summed E-state index contributed by atoms with van der Waals surface area (Å²) in [7, 11) is 0. The summed E-state index contributed by atoms with van der Waals surface area (Å²) >= 11 is 0. The van der Waals surface area contributed by atoms with Crippen LogP contribution in [0.2, 0.25) is 0 Å². The van der Waals surface area contributed by atoms with Gasteiger partial charge in [-0.2, -0.15) is 0 Å². The van der Waals surface area contributed by atoms with Crippen molar-refractivity contribution in [1.82, 2.24) is 0 Å². The van der Waals surface area contributed by atoms with Gasteiger partial charge < -0.3 is 4.74 Å². The zero-order valence-corrected chi connectivity index (χ0v) is 27.1. The molecule has 226 valence electrons. The minimum absolute atomic E-state index is 0.0846. The van der Waals surface area contributed by atoms with Crippen LogP contribution in [0, 0.1) is 0 Å². The van der Waals surface area contributed by atoms with Crippen molar-refractivity contribution in [2.75, 3.05) is 6.61 Å². The van der Waals surface area contributed by atoms with E-state index in [0.717, 1.165) is 70.6 Å². The number of hydrogen-bond donors (Lipinski definition) is 0. The number of unbranched alkanes of at least 4 members (excludes halogenated alkanes) is 5. The van der Waals surface area contributed by atoms with Crippen LogP contribution in [0.5, 0.6) is 0 Å². The molecule has 0 aromatic carbocycles. The molecule has 0 radical (unpaired) electrons. The highest BCUT2D eigenvalue weighted by molar-refractivity contribution is 5.69. The minimum Gasteiger partial charge on any atom is -0.461 e. The second-order valence-electron chi connectivity index (χ2n) is 11.4. The van der Waals surface area contributed by atoms with Crippen molar-refractivity contribution in [1.29, 1.82) is 0 Å². The normalized spacial score (nSPS) is 13.2. The topological polar surface area (TPSA) is 26.3 Å². The zero-order valence-electron chi connectivity index (χ0n) is 27.1. The first kappa shape index (κ1) is 37.6. The lowest BCUT2D eigenvalue weighted by atomic mass is 10.0. The molecule has 2 nitrogen and oxygen atoms in total. The smallest absolute Gasteiger partial charge is 0.306 e. The van der Waals surface area contributed by atoms with Crippen LogP contribution in [0.1, 0.15) is 144 Å². The maximum absolute atomic E-state index is 12.0. The minimum atomic E-state index is -0.0846. The fraction of sp³-hybridized carbons (Fsp3) is 0.605. The second-order valence-corrected chi connectivity index (χ2v) is 11.4. The fourth-order valence-corrected chi connectivity index (χ4v) is 4.16. The number of esters is 1. The molecule has 0 saturated heterocycles. The number of carbonyl (C=O) groups excluding carboxylic acids is 1. The molecule has 0 spiro atoms. The molecule has 0 rings (SSSR count). The summed E-state index contributed by atoms with van der Waals surface area (Å²) in [4.78, 5) is 12.0. The van der Waals surface area contributed by atoms with Crippen LogP contribution < -0.4 is 0 Å². The summed E-state index contributed by atoms with van der Waals surface area (Å²) in [6.45, 7) is 13.6. The molecule has 0 aliphatic heterocycles. The lowest BCUT2D eigenvalue weighted by Gasteiger charge is -2.04. The molecule has 40 heavy (non-hydrogen) atoms. The number of rotatable bonds is 24. The molecular formula is C38H62O2. The summed E-state index contributed by atoms with van der Waals surface area (Å²) in [5.41, 5.74) is 5.64. The van der Waals surface area contributed by atoms with Gasteiger partial charge in [-0.25, -0.2) is 0 Å². The van der Waals surface area contributed by atoms with Crippen LogP contribution in [-0.2, 0) is 9.53 Å². The van der Waals surface area contributed by atoms with Crippen molar-refractivity contribution in [2.24, 2.45) is 0 Å². The molecule has 0 N–H and O–H groups in total. The van der Waals surface area contributed by atoms with Crippen molar-refractivity contribution in [3.05, 3.63) is 83.1 Å². The Balaban J connectivity index is 3.83. The van der Waals surface area contributed by atoms with Gasteiger partial charge in [-0.15, -0.1) is 0 Å². The van der Waals surface area contributed by atoms with E-state index < -0.39 is 0 Å². The molecule has 0 fully saturated rings. The Kier molecular flexibility index (Phi) is 26.5. The van der Waals surface area contributed by atoms with Gasteiger partial charge in [0.25, 0.3) is 0 Å². The molecule has 0 bridgehead atoms. The van der Waals surface area contributed by atoms with Crippen molar-refractivity contribution < 1.29 is 9.53 Å². The van der Waals surface area contributed by atoms with Crippen molar-refractivity contribution in [3.8, 4) is 0 Å². The summed E-state index contributed by atoms with van der Waals surface area (Å²) in [6, 6.07) is 0. The van der Waals surface area contributed by atoms with E-state index in [1.165, 1.54) is 48.0 Å². The Bertz CT molecular complexity index is 841. The van der Waals surface area contributed by atoms with Gasteiger partial charge in [0.1, 0.15) is 6.61 Å². The average Bonchev–Trinajstić information content (AvgIpc) is 2.90. The molecule has 0 aliphatic carbocycles. The van der Waals surface area contributed by atoms with Crippen LogP contribution in [0.25, 0.3) is 0 Å². The molecular weight excluding hydrogens is 488 g/mol. The molecule has 0 aromatic rings. The van der Waals surface area contributed by atoms with Gasteiger partial charge in [-0.05, 0) is 124 Å². The van der Waals surface area contributed by atoms with Gasteiger partial charge >= 0.3 is 5.97 Å². The van der Waals surface area contributed by atoms with E-state index in [9.17, 15) is 4.79 Å². The molecule has 0 aliphatic rings. The van der Waals surface area contributed by atoms with Crippen LogP contribution in [0.4, 0.5) is 0 Å². The lowest BCUT2D eigenvalue weighted by Crippen LogP contribution is -2.04. The number of allylic oxidation sites excluding steroid dienone is 13. The number of ether oxygens (including phenoxy) is 1. The molecule has 0 atom stereocenters. The highest BCUT2D eigenvalue weighted by Gasteiger charge is 2.01. The highest BCUT2D eigenvalue weighted by atomic mass is 16.5. The first-order valence-corrected chi connectivity index (χ1v) is 16.1. The van der Waals surface area contributed by atoms with Crippen molar-refractivity contribution in [2.45, 2.75) is 144 Å². The predicted molar refractivity (Wildman–Crippen MR) is 179 cm³/mol. The van der Waals surface area contributed by atoms with E-state index in [2.05, 4.69) is 102 Å². The van der Waals surface area contributed by atoms with Gasteiger partial charge in [-0.1, -0.05) is 96.7 Å². The van der Waals surface area contributed by atoms with Gasteiger partial charge in [0.05, 0.1) is 0 Å². The fourth-order valence-electron chi connectivity index (χ4n) is 4.16. The Morgan fingerprint density at radius 1 is 0.525 bits per heavy atom. The molecule has 2 heteroatoms. The average molecular weight is 551 g/mol. The van der Waals surface area contributed by atoms with E-state index in [0.29, 0.717) is 13.0 Å². The quantitative estimate of drug-likeness (QED) is 0.0678. The van der Waals surface area contributed by atoms with Gasteiger partial charge in [-0.3, -0.25) is 4.79 Å². The third-order valence-electron chi connectivity index (χ3n) is 6.85. The zero-order chi connectivity index (χ0) is 29.7. The Morgan fingerprint density at radius 3 is 1.52 bits per heavy atom. The van der Waals surface area contributed by atoms with Gasteiger partial charge in [0.15, 0.2) is 0 Å². The van der Waals surface area contributed by atoms with Crippen LogP contribution in [-0.4, -0.2) is 12.6 Å². The molecule has 0 amide bonds. The summed E-state index contributed by atoms with van der Waals surface area (Å²) in [5.74, 6) is -0.0846. The molecule has 0 aromatic heterocycles. The Morgan fingerprint density at radius 2 is 1.00 bits per heavy atom. The first-order valence-electron chi connectivity index (χ1n) is 16.1. The summed E-state index contributed by atoms with van der Waals surface area (Å²) in [5, 5.41) is 0. The highest BCUT2D eigenvalue weighted by Crippen LogP contribution is 2.13. The summed E-state index contributed by atoms with van der Waals surface area (Å²) in [6.07, 6.45) is 39.8. The van der Waals surface area contributed by atoms with E-state index in [1.807, 2.05) is 0 Å². The standard InChI is InChI=1S/C38H62O2/c1-7-8-9-10-11-12-13-14-15-16-17-18-19-20-21-31-38(39)40-33-32-37(6)30-24-29-36(5)28-23-27-35(4)26-22-25-34(2)3/h11-12,14-15,17-18,25,27,29,32H,7-10,13,16,19-24,26,28,30-31,33H2,1-6H3/b12-11-,15-14-,18-17-,35-27+,36-29+,37-32+. The predicted octanol–water partition coefficient (Wildman–Crippen LogP) is 12.3. The van der Waals surface area contributed by atoms with Crippen LogP contribution in [0.3, 0.4) is 0 Å². The van der Waals surface area contributed by atoms with Crippen molar-refractivity contribution >= 4 is 5.97 Å². The van der Waals surface area contributed by atoms with E-state index in [1.54, 1.807) is 0 Å². The van der Waals surface area contributed by atoms with Gasteiger partial charge in [0.2, 0.25) is 0 Å². The third kappa shape index (κ3) is 28.7. The van der Waals surface area contributed by atoms with Gasteiger partial charge in [0, 0.05) is 6.42 Å². The largest absolute Gasteiger partial charge is 0.461 e. The number of carbonyl (C=O) groups is 1. The second kappa shape index (κ2) is 28.2. The van der Waals surface area contributed by atoms with E-state index in [-0.39, 0.29) is 5.97 Å². The molecule has 0 unspecified atom stereocenters. The maximum atomic E-state index is 12.0. The Labute approximate surface area is 249 Å². The third-order valence-corrected chi connectivity index (χ3v) is 6.85. The SMILES string of the molecule is CCCCC/C=C\C/C=C\C/C=C\CCCCC(=O)OC/C=C(\C)CC/C=C(\C)CC/C=C(\C)CCC=C(C)C. The monoisotopic (exact) mass is 550 g/mol. The first-order chi connectivity index (χ1) is 19.3. The van der Waals surface area contributed by atoms with E-state index in [4.69, 9.17) is 4.74 Å². The molecule has 0 saturated carbocycles. The number of hydrogen-bond acceptors (Lipinski definition) is 2.